The number of aromatic nitrogens is 1. The van der Waals surface area contributed by atoms with Gasteiger partial charge in [-0.05, 0) is 42.5 Å². The summed E-state index contributed by atoms with van der Waals surface area (Å²) in [5.41, 5.74) is 1.12. The van der Waals surface area contributed by atoms with Crippen molar-refractivity contribution in [2.24, 2.45) is 0 Å². The highest BCUT2D eigenvalue weighted by Gasteiger charge is 2.20. The minimum absolute atomic E-state index is 0.0499. The van der Waals surface area contributed by atoms with Gasteiger partial charge in [0.15, 0.2) is 15.3 Å². The van der Waals surface area contributed by atoms with Crippen molar-refractivity contribution in [2.45, 2.75) is 11.4 Å². The molecule has 1 heterocycles. The van der Waals surface area contributed by atoms with Gasteiger partial charge in [0, 0.05) is 47.1 Å². The van der Waals surface area contributed by atoms with E-state index in [2.05, 4.69) is 5.32 Å². The molecule has 0 bridgehead atoms. The highest BCUT2D eigenvalue weighted by molar-refractivity contribution is 7.90. The first-order chi connectivity index (χ1) is 16.6. The van der Waals surface area contributed by atoms with E-state index in [0.29, 0.717) is 27.4 Å². The Morgan fingerprint density at radius 2 is 1.80 bits per heavy atom. The first-order valence-corrected chi connectivity index (χ1v) is 12.7. The molecule has 4 rings (SSSR count). The number of methoxy groups -OCH3 is 2. The quantitative estimate of drug-likeness (QED) is 0.379. The molecule has 0 aliphatic carbocycles. The van der Waals surface area contributed by atoms with Gasteiger partial charge >= 0.3 is 0 Å². The molecule has 4 aromatic rings. The standard InChI is InChI=1S/C25H22ClFN2O5S/c1-33-17-6-4-15(24(11-17)34-2)14-28-20-13-22(19(27)12-25(20)35(3,31)32)29-9-8-23(30)18-7-5-16(26)10-21(18)29/h4-13,28H,14H2,1-3H3. The molecule has 0 fully saturated rings. The SMILES string of the molecule is COc1ccc(CNc2cc(-n3ccc(=O)c4ccc(Cl)cc43)c(F)cc2S(C)(=O)=O)c(OC)c1. The molecule has 0 atom stereocenters. The second kappa shape index (κ2) is 9.59. The van der Waals surface area contributed by atoms with E-state index in [1.54, 1.807) is 43.5 Å². The van der Waals surface area contributed by atoms with Crippen LogP contribution in [-0.4, -0.2) is 33.5 Å². The summed E-state index contributed by atoms with van der Waals surface area (Å²) in [7, 11) is -0.718. The smallest absolute Gasteiger partial charge is 0.189 e. The van der Waals surface area contributed by atoms with Gasteiger partial charge in [-0.2, -0.15) is 0 Å². The first kappa shape index (κ1) is 24.6. The largest absolute Gasteiger partial charge is 0.497 e. The van der Waals surface area contributed by atoms with Crippen molar-refractivity contribution < 1.29 is 22.3 Å². The van der Waals surface area contributed by atoms with Crippen LogP contribution in [-0.2, 0) is 16.4 Å². The Morgan fingerprint density at radius 3 is 2.49 bits per heavy atom. The molecule has 0 amide bonds. The minimum Gasteiger partial charge on any atom is -0.497 e. The number of sulfone groups is 1. The molecule has 0 radical (unpaired) electrons. The van der Waals surface area contributed by atoms with Crippen molar-refractivity contribution in [1.82, 2.24) is 4.57 Å². The number of rotatable bonds is 7. The zero-order valence-corrected chi connectivity index (χ0v) is 20.7. The third-order valence-corrected chi connectivity index (χ3v) is 6.90. The number of halogens is 2. The van der Waals surface area contributed by atoms with Crippen molar-refractivity contribution in [1.29, 1.82) is 0 Å². The molecule has 10 heteroatoms. The molecule has 0 spiro atoms. The number of benzene rings is 3. The van der Waals surface area contributed by atoms with Crippen molar-refractivity contribution >= 4 is 38.0 Å². The number of hydrogen-bond donors (Lipinski definition) is 1. The van der Waals surface area contributed by atoms with Crippen molar-refractivity contribution in [3.63, 3.8) is 0 Å². The summed E-state index contributed by atoms with van der Waals surface area (Å²) in [6.07, 6.45) is 2.44. The molecule has 0 aliphatic heterocycles. The lowest BCUT2D eigenvalue weighted by atomic mass is 10.1. The third-order valence-electron chi connectivity index (χ3n) is 5.53. The Kier molecular flexibility index (Phi) is 6.73. The maximum atomic E-state index is 15.3. The minimum atomic E-state index is -3.78. The van der Waals surface area contributed by atoms with Gasteiger partial charge in [-0.3, -0.25) is 4.79 Å². The summed E-state index contributed by atoms with van der Waals surface area (Å²) >= 11 is 6.13. The number of nitrogens with zero attached hydrogens (tertiary/aromatic N) is 1. The van der Waals surface area contributed by atoms with E-state index in [4.69, 9.17) is 21.1 Å². The molecule has 1 aromatic heterocycles. The lowest BCUT2D eigenvalue weighted by molar-refractivity contribution is 0.391. The van der Waals surface area contributed by atoms with Crippen molar-refractivity contribution in [3.8, 4) is 17.2 Å². The monoisotopic (exact) mass is 516 g/mol. The van der Waals surface area contributed by atoms with E-state index in [0.717, 1.165) is 17.9 Å². The number of nitrogens with one attached hydrogen (secondary N) is 1. The van der Waals surface area contributed by atoms with Crippen LogP contribution in [0.1, 0.15) is 5.56 Å². The number of hydrogen-bond acceptors (Lipinski definition) is 6. The summed E-state index contributed by atoms with van der Waals surface area (Å²) in [5.74, 6) is 0.374. The fourth-order valence-corrected chi connectivity index (χ4v) is 4.81. The Labute approximate surface area is 206 Å². The summed E-state index contributed by atoms with van der Waals surface area (Å²) in [6.45, 7) is 0.192. The molecule has 0 unspecified atom stereocenters. The molecule has 1 N–H and O–H groups in total. The van der Waals surface area contributed by atoms with Gasteiger partial charge < -0.3 is 19.4 Å². The summed E-state index contributed by atoms with van der Waals surface area (Å²) in [5, 5.41) is 3.81. The van der Waals surface area contributed by atoms with E-state index in [1.807, 2.05) is 0 Å². The normalized spacial score (nSPS) is 11.5. The Bertz CT molecular complexity index is 1600. The van der Waals surface area contributed by atoms with Crippen LogP contribution < -0.4 is 20.2 Å². The van der Waals surface area contributed by atoms with E-state index in [9.17, 15) is 13.2 Å². The van der Waals surface area contributed by atoms with Crippen LogP contribution in [0.2, 0.25) is 5.02 Å². The maximum absolute atomic E-state index is 15.3. The van der Waals surface area contributed by atoms with Gasteiger partial charge in [-0.1, -0.05) is 11.6 Å². The fourth-order valence-electron chi connectivity index (χ4n) is 3.80. The van der Waals surface area contributed by atoms with Crippen LogP contribution in [0.25, 0.3) is 16.6 Å². The zero-order chi connectivity index (χ0) is 25.3. The van der Waals surface area contributed by atoms with Crippen LogP contribution in [0.3, 0.4) is 0 Å². The Morgan fingerprint density at radius 1 is 1.03 bits per heavy atom. The molecule has 7 nitrogen and oxygen atoms in total. The molecular formula is C25H22ClFN2O5S. The number of ether oxygens (including phenoxy) is 2. The second-order valence-electron chi connectivity index (χ2n) is 7.81. The summed E-state index contributed by atoms with van der Waals surface area (Å²) in [4.78, 5) is 12.1. The van der Waals surface area contributed by atoms with Crippen LogP contribution in [0.5, 0.6) is 11.5 Å². The first-order valence-electron chi connectivity index (χ1n) is 10.4. The maximum Gasteiger partial charge on any atom is 0.189 e. The molecule has 35 heavy (non-hydrogen) atoms. The van der Waals surface area contributed by atoms with Gasteiger partial charge in [0.25, 0.3) is 0 Å². The molecule has 0 aliphatic rings. The van der Waals surface area contributed by atoms with Crippen LogP contribution in [0.4, 0.5) is 10.1 Å². The summed E-state index contributed by atoms with van der Waals surface area (Å²) < 4.78 is 52.3. The van der Waals surface area contributed by atoms with Crippen LogP contribution >= 0.6 is 11.6 Å². The van der Waals surface area contributed by atoms with Crippen molar-refractivity contribution in [2.75, 3.05) is 25.8 Å². The topological polar surface area (TPSA) is 86.6 Å². The second-order valence-corrected chi connectivity index (χ2v) is 10.2. The van der Waals surface area contributed by atoms with E-state index in [1.165, 1.54) is 30.0 Å². The lowest BCUT2D eigenvalue weighted by Gasteiger charge is -2.18. The van der Waals surface area contributed by atoms with Gasteiger partial charge in [-0.15, -0.1) is 0 Å². The lowest BCUT2D eigenvalue weighted by Crippen LogP contribution is -2.12. The van der Waals surface area contributed by atoms with Gasteiger partial charge in [0.2, 0.25) is 0 Å². The average molecular weight is 517 g/mol. The number of fused-ring (bicyclic) bond motifs is 1. The average Bonchev–Trinajstić information content (AvgIpc) is 2.82. The van der Waals surface area contributed by atoms with Crippen LogP contribution in [0.15, 0.2) is 70.5 Å². The highest BCUT2D eigenvalue weighted by atomic mass is 35.5. The van der Waals surface area contributed by atoms with Gasteiger partial charge in [-0.25, -0.2) is 12.8 Å². The van der Waals surface area contributed by atoms with Gasteiger partial charge in [0.1, 0.15) is 17.3 Å². The number of anilines is 1. The predicted molar refractivity (Wildman–Crippen MR) is 134 cm³/mol. The van der Waals surface area contributed by atoms with Crippen LogP contribution in [0, 0.1) is 5.82 Å². The molecule has 3 aromatic carbocycles. The zero-order valence-electron chi connectivity index (χ0n) is 19.1. The molecule has 0 saturated carbocycles. The Balaban J connectivity index is 1.85. The van der Waals surface area contributed by atoms with Crippen molar-refractivity contribution in [3.05, 3.63) is 87.4 Å². The van der Waals surface area contributed by atoms with E-state index in [-0.39, 0.29) is 28.2 Å². The number of pyridine rings is 1. The highest BCUT2D eigenvalue weighted by Crippen LogP contribution is 2.31. The Hall–Kier alpha value is -3.56. The third kappa shape index (κ3) is 4.96. The van der Waals surface area contributed by atoms with Gasteiger partial charge in [0.05, 0.1) is 36.0 Å². The molecule has 182 valence electrons. The van der Waals surface area contributed by atoms with E-state index >= 15 is 4.39 Å². The molecular weight excluding hydrogens is 495 g/mol. The summed E-state index contributed by atoms with van der Waals surface area (Å²) in [6, 6.07) is 13.6. The van der Waals surface area contributed by atoms with E-state index < -0.39 is 15.7 Å². The molecule has 0 saturated heterocycles. The fraction of sp³-hybridized carbons (Fsp3) is 0.160. The predicted octanol–water partition coefficient (Wildman–Crippen LogP) is 4.82.